The fourth-order valence-corrected chi connectivity index (χ4v) is 1.94. The zero-order valence-electron chi connectivity index (χ0n) is 10.5. The second kappa shape index (κ2) is 6.29. The van der Waals surface area contributed by atoms with Gasteiger partial charge in [0.05, 0.1) is 13.2 Å². The normalized spacial score (nSPS) is 22.7. The lowest BCUT2D eigenvalue weighted by molar-refractivity contribution is 0.0186. The van der Waals surface area contributed by atoms with Crippen molar-refractivity contribution < 1.29 is 17.9 Å². The van der Waals surface area contributed by atoms with Crippen molar-refractivity contribution in [2.24, 2.45) is 5.92 Å². The molecule has 3 nitrogen and oxygen atoms in total. The van der Waals surface area contributed by atoms with E-state index in [0.29, 0.717) is 19.0 Å². The zero-order chi connectivity index (χ0) is 13.0. The molecule has 5 heteroatoms. The first-order chi connectivity index (χ1) is 8.66. The first-order valence-corrected chi connectivity index (χ1v) is 6.32. The summed E-state index contributed by atoms with van der Waals surface area (Å²) in [5.41, 5.74) is 0. The maximum atomic E-state index is 11.8. The molecule has 1 aromatic heterocycles. The third kappa shape index (κ3) is 4.07. The van der Waals surface area contributed by atoms with E-state index >= 15 is 0 Å². The largest absolute Gasteiger partial charge is 0.464 e. The minimum absolute atomic E-state index is 0.289. The van der Waals surface area contributed by atoms with Gasteiger partial charge in [0.2, 0.25) is 0 Å². The Morgan fingerprint density at radius 3 is 2.94 bits per heavy atom. The molecule has 0 radical (unpaired) electrons. The van der Waals surface area contributed by atoms with Gasteiger partial charge in [-0.3, -0.25) is 0 Å². The Kier molecular flexibility index (Phi) is 4.72. The topological polar surface area (TPSA) is 34.4 Å². The fraction of sp³-hybridized carbons (Fsp3) is 0.692. The predicted octanol–water partition coefficient (Wildman–Crippen LogP) is 2.77. The molecule has 0 aromatic carbocycles. The summed E-state index contributed by atoms with van der Waals surface area (Å²) in [5, 5.41) is 3.10. The smallest absolute Gasteiger partial charge is 0.261 e. The van der Waals surface area contributed by atoms with Crippen LogP contribution in [-0.2, 0) is 11.3 Å². The Labute approximate surface area is 105 Å². The summed E-state index contributed by atoms with van der Waals surface area (Å²) in [6, 6.07) is 3.99. The molecule has 1 fully saturated rings. The molecule has 0 bridgehead atoms. The average molecular weight is 259 g/mol. The van der Waals surface area contributed by atoms with Gasteiger partial charge in [-0.05, 0) is 24.5 Å². The van der Waals surface area contributed by atoms with Crippen LogP contribution in [0.15, 0.2) is 16.5 Å². The van der Waals surface area contributed by atoms with E-state index in [1.54, 1.807) is 0 Å². The van der Waals surface area contributed by atoms with Crippen LogP contribution in [-0.4, -0.2) is 26.2 Å². The highest BCUT2D eigenvalue weighted by Gasteiger charge is 2.36. The summed E-state index contributed by atoms with van der Waals surface area (Å²) in [4.78, 5) is 0. The number of furan rings is 1. The minimum Gasteiger partial charge on any atom is -0.464 e. The van der Waals surface area contributed by atoms with Gasteiger partial charge < -0.3 is 14.5 Å². The van der Waals surface area contributed by atoms with Gasteiger partial charge in [0.15, 0.2) is 0 Å². The highest BCUT2D eigenvalue weighted by Crippen LogP contribution is 2.47. The first-order valence-electron chi connectivity index (χ1n) is 6.32. The molecule has 1 saturated carbocycles. The molecular weight excluding hydrogens is 240 g/mol. The maximum Gasteiger partial charge on any atom is 0.261 e. The molecule has 1 aliphatic carbocycles. The monoisotopic (exact) mass is 259 g/mol. The number of alkyl halides is 2. The van der Waals surface area contributed by atoms with E-state index in [9.17, 15) is 8.78 Å². The highest BCUT2D eigenvalue weighted by molar-refractivity contribution is 5.17. The Hall–Kier alpha value is -0.940. The number of rotatable bonds is 8. The van der Waals surface area contributed by atoms with E-state index < -0.39 is 13.0 Å². The van der Waals surface area contributed by atoms with Crippen LogP contribution in [0.1, 0.15) is 30.8 Å². The Morgan fingerprint density at radius 2 is 2.28 bits per heavy atom. The van der Waals surface area contributed by atoms with Crippen LogP contribution in [0.4, 0.5) is 8.78 Å². The molecule has 2 unspecified atom stereocenters. The summed E-state index contributed by atoms with van der Waals surface area (Å²) in [5.74, 6) is 3.28. The van der Waals surface area contributed by atoms with Gasteiger partial charge in [-0.15, -0.1) is 0 Å². The van der Waals surface area contributed by atoms with Crippen LogP contribution in [0.2, 0.25) is 0 Å². The molecule has 1 heterocycles. The van der Waals surface area contributed by atoms with E-state index in [0.717, 1.165) is 17.4 Å². The van der Waals surface area contributed by atoms with Crippen LogP contribution in [0.5, 0.6) is 0 Å². The van der Waals surface area contributed by atoms with Crippen molar-refractivity contribution in [3.63, 3.8) is 0 Å². The van der Waals surface area contributed by atoms with Crippen molar-refractivity contribution in [1.82, 2.24) is 5.32 Å². The number of hydrogen-bond donors (Lipinski definition) is 1. The van der Waals surface area contributed by atoms with Crippen LogP contribution in [0.3, 0.4) is 0 Å². The summed E-state index contributed by atoms with van der Waals surface area (Å²) in [6.45, 7) is 3.16. The van der Waals surface area contributed by atoms with E-state index in [-0.39, 0.29) is 6.61 Å². The SMILES string of the molecule is CC1CC1c1ccc(CNCCOCC(F)F)o1. The molecule has 1 aliphatic rings. The maximum absolute atomic E-state index is 11.8. The second-order valence-electron chi connectivity index (χ2n) is 4.77. The lowest BCUT2D eigenvalue weighted by Gasteiger charge is -2.04. The van der Waals surface area contributed by atoms with Crippen molar-refractivity contribution in [3.8, 4) is 0 Å². The quantitative estimate of drug-likeness (QED) is 0.729. The standard InChI is InChI=1S/C13H19F2NO2/c1-9-6-11(9)12-3-2-10(18-12)7-16-4-5-17-8-13(14)15/h2-3,9,11,13,16H,4-8H2,1H3. The number of nitrogens with one attached hydrogen (secondary N) is 1. The van der Waals surface area contributed by atoms with E-state index in [1.807, 2.05) is 12.1 Å². The van der Waals surface area contributed by atoms with Crippen LogP contribution in [0, 0.1) is 5.92 Å². The van der Waals surface area contributed by atoms with E-state index in [1.165, 1.54) is 6.42 Å². The van der Waals surface area contributed by atoms with Crippen molar-refractivity contribution >= 4 is 0 Å². The third-order valence-corrected chi connectivity index (χ3v) is 3.12. The van der Waals surface area contributed by atoms with Crippen molar-refractivity contribution in [2.45, 2.75) is 32.2 Å². The molecule has 1 N–H and O–H groups in total. The van der Waals surface area contributed by atoms with Gasteiger partial charge in [0.25, 0.3) is 6.43 Å². The molecule has 102 valence electrons. The molecule has 1 aromatic rings. The Morgan fingerprint density at radius 1 is 1.50 bits per heavy atom. The lowest BCUT2D eigenvalue weighted by Crippen LogP contribution is -2.20. The second-order valence-corrected chi connectivity index (χ2v) is 4.77. The summed E-state index contributed by atoms with van der Waals surface area (Å²) in [6.07, 6.45) is -1.18. The molecule has 2 atom stereocenters. The van der Waals surface area contributed by atoms with Crippen molar-refractivity contribution in [2.75, 3.05) is 19.8 Å². The van der Waals surface area contributed by atoms with Crippen LogP contribution in [0.25, 0.3) is 0 Å². The molecule has 0 aliphatic heterocycles. The van der Waals surface area contributed by atoms with Gasteiger partial charge >= 0.3 is 0 Å². The molecular formula is C13H19F2NO2. The average Bonchev–Trinajstić information content (AvgIpc) is 2.88. The van der Waals surface area contributed by atoms with Gasteiger partial charge in [-0.25, -0.2) is 8.78 Å². The Bertz CT molecular complexity index is 368. The summed E-state index contributed by atoms with van der Waals surface area (Å²) >= 11 is 0. The molecule has 0 saturated heterocycles. The van der Waals surface area contributed by atoms with Gasteiger partial charge in [-0.1, -0.05) is 6.92 Å². The number of ether oxygens (including phenoxy) is 1. The van der Waals surface area contributed by atoms with Gasteiger partial charge in [-0.2, -0.15) is 0 Å². The molecule has 0 amide bonds. The van der Waals surface area contributed by atoms with E-state index in [2.05, 4.69) is 12.2 Å². The molecule has 18 heavy (non-hydrogen) atoms. The Balaban J connectivity index is 1.57. The van der Waals surface area contributed by atoms with Crippen molar-refractivity contribution in [3.05, 3.63) is 23.7 Å². The van der Waals surface area contributed by atoms with Crippen LogP contribution >= 0.6 is 0 Å². The zero-order valence-corrected chi connectivity index (χ0v) is 10.5. The third-order valence-electron chi connectivity index (χ3n) is 3.12. The minimum atomic E-state index is -2.39. The van der Waals surface area contributed by atoms with Gasteiger partial charge in [0.1, 0.15) is 18.1 Å². The summed E-state index contributed by atoms with van der Waals surface area (Å²) in [7, 11) is 0. The molecule has 0 spiro atoms. The molecule has 2 rings (SSSR count). The van der Waals surface area contributed by atoms with Crippen molar-refractivity contribution in [1.29, 1.82) is 0 Å². The van der Waals surface area contributed by atoms with Crippen LogP contribution < -0.4 is 5.32 Å². The predicted molar refractivity (Wildman–Crippen MR) is 63.8 cm³/mol. The highest BCUT2D eigenvalue weighted by atomic mass is 19.3. The summed E-state index contributed by atoms with van der Waals surface area (Å²) < 4.78 is 34.0. The number of hydrogen-bond acceptors (Lipinski definition) is 3. The lowest BCUT2D eigenvalue weighted by atomic mass is 10.3. The fourth-order valence-electron chi connectivity index (χ4n) is 1.94. The van der Waals surface area contributed by atoms with Gasteiger partial charge in [0, 0.05) is 12.5 Å². The number of halogens is 2. The van der Waals surface area contributed by atoms with E-state index in [4.69, 9.17) is 9.15 Å². The first kappa shape index (κ1) is 13.5.